The number of carbonyl (C=O) groups is 1. The maximum absolute atomic E-state index is 12.8. The van der Waals surface area contributed by atoms with Crippen molar-refractivity contribution >= 4 is 40.8 Å². The maximum atomic E-state index is 12.8. The first-order valence-corrected chi connectivity index (χ1v) is 11.2. The predicted octanol–water partition coefficient (Wildman–Crippen LogP) is 2.91. The largest absolute Gasteiger partial charge is 0.385 e. The Kier molecular flexibility index (Phi) is 6.48. The van der Waals surface area contributed by atoms with Crippen molar-refractivity contribution in [2.24, 2.45) is 0 Å². The molecule has 4 rings (SSSR count). The van der Waals surface area contributed by atoms with Crippen LogP contribution in [0.3, 0.4) is 0 Å². The van der Waals surface area contributed by atoms with E-state index in [4.69, 9.17) is 17.3 Å². The van der Waals surface area contributed by atoms with Gasteiger partial charge in [-0.2, -0.15) is 4.98 Å². The lowest BCUT2D eigenvalue weighted by molar-refractivity contribution is -0.128. The van der Waals surface area contributed by atoms with Crippen LogP contribution < -0.4 is 16.2 Å². The summed E-state index contributed by atoms with van der Waals surface area (Å²) in [5.41, 5.74) is 7.54. The minimum atomic E-state index is -0.436. The molecule has 0 bridgehead atoms. The molecule has 160 valence electrons. The molecule has 1 aromatic heterocycles. The number of hydrogen-bond acceptors (Lipinski definition) is 6. The fourth-order valence-electron chi connectivity index (χ4n) is 3.49. The number of amides is 1. The van der Waals surface area contributed by atoms with E-state index < -0.39 is 5.56 Å². The van der Waals surface area contributed by atoms with Gasteiger partial charge in [0.05, 0.1) is 5.75 Å². The number of para-hydroxylation sites is 1. The minimum absolute atomic E-state index is 0.0111. The Morgan fingerprint density at radius 3 is 2.35 bits per heavy atom. The first-order chi connectivity index (χ1) is 15.0. The highest BCUT2D eigenvalue weighted by Crippen LogP contribution is 2.24. The van der Waals surface area contributed by atoms with Crippen molar-refractivity contribution in [2.45, 2.75) is 5.16 Å². The van der Waals surface area contributed by atoms with Crippen molar-refractivity contribution in [3.8, 4) is 5.69 Å². The molecule has 0 spiro atoms. The van der Waals surface area contributed by atoms with Crippen LogP contribution in [-0.4, -0.2) is 52.3 Å². The van der Waals surface area contributed by atoms with Gasteiger partial charge in [0.1, 0.15) is 5.82 Å². The zero-order valence-corrected chi connectivity index (χ0v) is 18.4. The normalized spacial score (nSPS) is 14.0. The average molecular weight is 456 g/mol. The molecule has 0 aliphatic carbocycles. The third-order valence-electron chi connectivity index (χ3n) is 5.09. The number of anilines is 2. The lowest BCUT2D eigenvalue weighted by Gasteiger charge is -2.36. The molecule has 1 fully saturated rings. The highest BCUT2D eigenvalue weighted by molar-refractivity contribution is 7.99. The lowest BCUT2D eigenvalue weighted by atomic mass is 10.2. The van der Waals surface area contributed by atoms with Gasteiger partial charge in [0, 0.05) is 48.6 Å². The molecule has 2 heterocycles. The van der Waals surface area contributed by atoms with E-state index in [1.165, 1.54) is 23.5 Å². The first-order valence-electron chi connectivity index (χ1n) is 9.87. The molecule has 1 aliphatic heterocycles. The van der Waals surface area contributed by atoms with Crippen molar-refractivity contribution in [3.63, 3.8) is 0 Å². The Labute approximate surface area is 189 Å². The van der Waals surface area contributed by atoms with Gasteiger partial charge in [0.15, 0.2) is 5.16 Å². The van der Waals surface area contributed by atoms with Gasteiger partial charge in [-0.3, -0.25) is 14.2 Å². The van der Waals surface area contributed by atoms with Gasteiger partial charge in [-0.15, -0.1) is 0 Å². The Balaban J connectivity index is 1.43. The number of nitrogens with two attached hydrogens (primary N) is 1. The van der Waals surface area contributed by atoms with Crippen LogP contribution in [-0.2, 0) is 4.79 Å². The summed E-state index contributed by atoms with van der Waals surface area (Å²) >= 11 is 7.18. The van der Waals surface area contributed by atoms with E-state index in [1.807, 2.05) is 23.1 Å². The summed E-state index contributed by atoms with van der Waals surface area (Å²) in [5.74, 6) is 0.445. The van der Waals surface area contributed by atoms with Gasteiger partial charge in [0.2, 0.25) is 5.91 Å². The number of nitrogen functional groups attached to an aromatic ring is 1. The van der Waals surface area contributed by atoms with E-state index >= 15 is 0 Å². The smallest absolute Gasteiger partial charge is 0.275 e. The number of rotatable bonds is 5. The average Bonchev–Trinajstić information content (AvgIpc) is 2.79. The minimum Gasteiger partial charge on any atom is -0.385 e. The quantitative estimate of drug-likeness (QED) is 0.470. The summed E-state index contributed by atoms with van der Waals surface area (Å²) < 4.78 is 1.66. The summed E-state index contributed by atoms with van der Waals surface area (Å²) in [4.78, 5) is 32.9. The number of hydrogen-bond donors (Lipinski definition) is 1. The maximum Gasteiger partial charge on any atom is 0.275 e. The van der Waals surface area contributed by atoms with Crippen molar-refractivity contribution in [3.05, 3.63) is 76.0 Å². The fraction of sp³-hybridized carbons (Fsp3) is 0.227. The zero-order chi connectivity index (χ0) is 21.8. The Morgan fingerprint density at radius 2 is 1.68 bits per heavy atom. The molecule has 1 amide bonds. The summed E-state index contributed by atoms with van der Waals surface area (Å²) in [6.07, 6.45) is 0. The molecule has 0 saturated carbocycles. The van der Waals surface area contributed by atoms with Crippen LogP contribution in [0, 0.1) is 0 Å². The van der Waals surface area contributed by atoms with Crippen LogP contribution in [0.25, 0.3) is 5.69 Å². The van der Waals surface area contributed by atoms with Gasteiger partial charge in [-0.05, 0) is 36.4 Å². The molecule has 0 radical (unpaired) electrons. The molecule has 1 saturated heterocycles. The van der Waals surface area contributed by atoms with Crippen LogP contribution in [0.15, 0.2) is 70.6 Å². The number of nitrogens with zero attached hydrogens (tertiary/aromatic N) is 4. The van der Waals surface area contributed by atoms with Gasteiger partial charge < -0.3 is 15.5 Å². The topological polar surface area (TPSA) is 84.5 Å². The molecule has 1 aliphatic rings. The van der Waals surface area contributed by atoms with Crippen molar-refractivity contribution in [2.75, 3.05) is 42.6 Å². The van der Waals surface area contributed by atoms with E-state index in [0.29, 0.717) is 23.3 Å². The third kappa shape index (κ3) is 5.03. The third-order valence-corrected chi connectivity index (χ3v) is 6.27. The van der Waals surface area contributed by atoms with Crippen molar-refractivity contribution in [1.29, 1.82) is 0 Å². The SMILES string of the molecule is Nc1cc(=O)nc(SCC(=O)N2CCN(c3ccccc3)CC2)n1-c1ccc(Cl)cc1. The molecule has 0 unspecified atom stereocenters. The van der Waals surface area contributed by atoms with Crippen LogP contribution in [0.2, 0.25) is 5.02 Å². The molecule has 9 heteroatoms. The van der Waals surface area contributed by atoms with E-state index in [-0.39, 0.29) is 17.5 Å². The van der Waals surface area contributed by atoms with Crippen LogP contribution >= 0.6 is 23.4 Å². The second kappa shape index (κ2) is 9.45. The Hall–Kier alpha value is -2.97. The number of benzene rings is 2. The van der Waals surface area contributed by atoms with Crippen LogP contribution in [0.5, 0.6) is 0 Å². The van der Waals surface area contributed by atoms with Gasteiger partial charge in [0.25, 0.3) is 5.56 Å². The molecule has 0 atom stereocenters. The van der Waals surface area contributed by atoms with Crippen LogP contribution in [0.4, 0.5) is 11.5 Å². The number of halogens is 1. The van der Waals surface area contributed by atoms with Crippen LogP contribution in [0.1, 0.15) is 0 Å². The molecule has 31 heavy (non-hydrogen) atoms. The number of aromatic nitrogens is 2. The second-order valence-corrected chi connectivity index (χ2v) is 8.48. The number of carbonyl (C=O) groups excluding carboxylic acids is 1. The molecule has 3 aromatic rings. The Bertz CT molecular complexity index is 1110. The van der Waals surface area contributed by atoms with E-state index in [1.54, 1.807) is 28.8 Å². The molecular weight excluding hydrogens is 434 g/mol. The summed E-state index contributed by atoms with van der Waals surface area (Å²) in [5, 5.41) is 0.971. The molecule has 7 nitrogen and oxygen atoms in total. The monoisotopic (exact) mass is 455 g/mol. The summed E-state index contributed by atoms with van der Waals surface area (Å²) in [6.45, 7) is 2.88. The van der Waals surface area contributed by atoms with E-state index in [9.17, 15) is 9.59 Å². The predicted molar refractivity (Wildman–Crippen MR) is 125 cm³/mol. The van der Waals surface area contributed by atoms with Crippen molar-refractivity contribution in [1.82, 2.24) is 14.5 Å². The van der Waals surface area contributed by atoms with E-state index in [2.05, 4.69) is 22.0 Å². The van der Waals surface area contributed by atoms with Crippen molar-refractivity contribution < 1.29 is 4.79 Å². The number of piperazine rings is 1. The lowest BCUT2D eigenvalue weighted by Crippen LogP contribution is -2.49. The number of thioether (sulfide) groups is 1. The Morgan fingerprint density at radius 1 is 1.00 bits per heavy atom. The second-order valence-electron chi connectivity index (χ2n) is 7.11. The molecular formula is C22H22ClN5O2S. The highest BCUT2D eigenvalue weighted by atomic mass is 35.5. The summed E-state index contributed by atoms with van der Waals surface area (Å²) in [6, 6.07) is 18.5. The zero-order valence-electron chi connectivity index (χ0n) is 16.8. The van der Waals surface area contributed by atoms with Gasteiger partial charge in [-0.1, -0.05) is 41.6 Å². The van der Waals surface area contributed by atoms with Gasteiger partial charge >= 0.3 is 0 Å². The fourth-order valence-corrected chi connectivity index (χ4v) is 4.55. The highest BCUT2D eigenvalue weighted by Gasteiger charge is 2.22. The van der Waals surface area contributed by atoms with Gasteiger partial charge in [-0.25, -0.2) is 0 Å². The standard InChI is InChI=1S/C22H22ClN5O2S/c23-16-6-8-18(9-7-16)28-19(24)14-20(29)25-22(28)31-15-21(30)27-12-10-26(11-13-27)17-4-2-1-3-5-17/h1-9,14H,10-13,15,24H2. The summed E-state index contributed by atoms with van der Waals surface area (Å²) in [7, 11) is 0. The molecule has 2 N–H and O–H groups in total. The van der Waals surface area contributed by atoms with E-state index in [0.717, 1.165) is 18.8 Å². The first kappa shape index (κ1) is 21.3. The molecule has 2 aromatic carbocycles.